The van der Waals surface area contributed by atoms with Gasteiger partial charge in [-0.3, -0.25) is 4.79 Å². The molecular formula is C25H32FN5O3. The molecule has 1 saturated carbocycles. The van der Waals surface area contributed by atoms with Crippen molar-refractivity contribution in [1.82, 2.24) is 15.6 Å². The maximum atomic E-state index is 15.6. The predicted octanol–water partition coefficient (Wildman–Crippen LogP) is 4.92. The lowest BCUT2D eigenvalue weighted by molar-refractivity contribution is 0.0719. The zero-order chi connectivity index (χ0) is 24.7. The Kier molecular flexibility index (Phi) is 6.14. The number of hydrogen-bond donors (Lipinski definition) is 5. The molecule has 9 heteroatoms. The van der Waals surface area contributed by atoms with Gasteiger partial charge in [-0.15, -0.1) is 0 Å². The standard InChI is InChI=1S/C25H32FN5O3/c1-14-8-7-9-15(12-14)28-20-18-16(13-27-22(18)32)19(26)21(30-20)29-17-10-5-6-11-25(17,24(2,3)4)31-23(33)34/h7-9,12,17,31H,5-6,10-11,13H2,1-4H3,(H,27,32)(H,33,34)(H2,28,29,30). The molecule has 4 rings (SSSR count). The number of benzene rings is 1. The smallest absolute Gasteiger partial charge is 0.405 e. The summed E-state index contributed by atoms with van der Waals surface area (Å²) in [5, 5.41) is 21.5. The summed E-state index contributed by atoms with van der Waals surface area (Å²) < 4.78 is 15.6. The fourth-order valence-electron chi connectivity index (χ4n) is 5.28. The van der Waals surface area contributed by atoms with Crippen molar-refractivity contribution < 1.29 is 19.1 Å². The second-order valence-electron chi connectivity index (χ2n) is 10.2. The van der Waals surface area contributed by atoms with Crippen molar-refractivity contribution in [2.45, 2.75) is 71.5 Å². The Labute approximate surface area is 198 Å². The molecule has 2 unspecified atom stereocenters. The SMILES string of the molecule is Cc1cccc(Nc2nc(NC3CCCCC3(NC(=O)O)C(C)(C)C)c(F)c3c2C(=O)NC3)c1. The van der Waals surface area contributed by atoms with Crippen LogP contribution in [0.1, 0.15) is 67.9 Å². The van der Waals surface area contributed by atoms with Crippen LogP contribution in [-0.2, 0) is 6.54 Å². The Hall–Kier alpha value is -3.36. The number of aryl methyl sites for hydroxylation is 1. The number of carboxylic acid groups (broad SMARTS) is 1. The van der Waals surface area contributed by atoms with Gasteiger partial charge in [-0.05, 0) is 42.9 Å². The highest BCUT2D eigenvalue weighted by Crippen LogP contribution is 2.44. The first-order chi connectivity index (χ1) is 16.0. The molecule has 1 aliphatic carbocycles. The van der Waals surface area contributed by atoms with Crippen molar-refractivity contribution in [3.63, 3.8) is 0 Å². The van der Waals surface area contributed by atoms with E-state index in [1.807, 2.05) is 52.0 Å². The fraction of sp³-hybridized carbons (Fsp3) is 0.480. The number of anilines is 3. The highest BCUT2D eigenvalue weighted by atomic mass is 19.1. The monoisotopic (exact) mass is 469 g/mol. The molecule has 2 heterocycles. The number of amides is 2. The summed E-state index contributed by atoms with van der Waals surface area (Å²) in [6.45, 7) is 7.99. The minimum absolute atomic E-state index is 0.0121. The molecule has 2 aliphatic rings. The van der Waals surface area contributed by atoms with Gasteiger partial charge in [0.15, 0.2) is 11.6 Å². The molecule has 1 aromatic heterocycles. The second kappa shape index (κ2) is 8.77. The molecule has 0 radical (unpaired) electrons. The molecule has 0 bridgehead atoms. The summed E-state index contributed by atoms with van der Waals surface area (Å²) in [5.41, 5.74) is 0.962. The minimum atomic E-state index is -1.11. The van der Waals surface area contributed by atoms with Gasteiger partial charge in [0.1, 0.15) is 5.82 Å². The molecule has 1 aromatic carbocycles. The van der Waals surface area contributed by atoms with Crippen molar-refractivity contribution in [2.75, 3.05) is 10.6 Å². The highest BCUT2D eigenvalue weighted by Gasteiger charge is 2.51. The van der Waals surface area contributed by atoms with E-state index in [0.717, 1.165) is 24.1 Å². The number of carbonyl (C=O) groups is 2. The number of carbonyl (C=O) groups excluding carboxylic acids is 1. The lowest BCUT2D eigenvalue weighted by Crippen LogP contribution is -2.67. The van der Waals surface area contributed by atoms with E-state index in [0.29, 0.717) is 12.8 Å². The van der Waals surface area contributed by atoms with Crippen LogP contribution >= 0.6 is 0 Å². The summed E-state index contributed by atoms with van der Waals surface area (Å²) >= 11 is 0. The normalized spacial score (nSPS) is 22.0. The van der Waals surface area contributed by atoms with Crippen LogP contribution in [0.3, 0.4) is 0 Å². The third kappa shape index (κ3) is 4.26. The van der Waals surface area contributed by atoms with Crippen LogP contribution in [0.25, 0.3) is 0 Å². The van der Waals surface area contributed by atoms with Crippen molar-refractivity contribution >= 4 is 29.3 Å². The first-order valence-electron chi connectivity index (χ1n) is 11.6. The van der Waals surface area contributed by atoms with Gasteiger partial charge in [0.25, 0.3) is 5.91 Å². The summed E-state index contributed by atoms with van der Waals surface area (Å²) in [4.78, 5) is 28.8. The van der Waals surface area contributed by atoms with Gasteiger partial charge in [-0.1, -0.05) is 45.7 Å². The Bertz CT molecular complexity index is 1130. The maximum Gasteiger partial charge on any atom is 0.405 e. The number of pyridine rings is 1. The van der Waals surface area contributed by atoms with Crippen LogP contribution in [0.2, 0.25) is 0 Å². The number of nitrogens with zero attached hydrogens (tertiary/aromatic N) is 1. The van der Waals surface area contributed by atoms with Crippen LogP contribution in [0.5, 0.6) is 0 Å². The number of hydrogen-bond acceptors (Lipinski definition) is 5. The third-order valence-corrected chi connectivity index (χ3v) is 7.06. The lowest BCUT2D eigenvalue weighted by atomic mass is 9.63. The first-order valence-corrected chi connectivity index (χ1v) is 11.6. The number of aromatic nitrogens is 1. The first kappa shape index (κ1) is 23.8. The van der Waals surface area contributed by atoms with E-state index in [2.05, 4.69) is 26.3 Å². The van der Waals surface area contributed by atoms with E-state index in [4.69, 9.17) is 0 Å². The molecule has 0 spiro atoms. The third-order valence-electron chi connectivity index (χ3n) is 7.06. The van der Waals surface area contributed by atoms with Crippen molar-refractivity contribution in [3.8, 4) is 0 Å². The number of fused-ring (bicyclic) bond motifs is 1. The molecular weight excluding hydrogens is 437 g/mol. The maximum absolute atomic E-state index is 15.6. The lowest BCUT2D eigenvalue weighted by Gasteiger charge is -2.52. The summed E-state index contributed by atoms with van der Waals surface area (Å²) in [6, 6.07) is 7.23. The van der Waals surface area contributed by atoms with E-state index < -0.39 is 22.9 Å². The van der Waals surface area contributed by atoms with Crippen LogP contribution in [0.15, 0.2) is 24.3 Å². The van der Waals surface area contributed by atoms with Crippen molar-refractivity contribution in [1.29, 1.82) is 0 Å². The average Bonchev–Trinajstić information content (AvgIpc) is 3.14. The highest BCUT2D eigenvalue weighted by molar-refractivity contribution is 6.03. The zero-order valence-electron chi connectivity index (χ0n) is 20.0. The van der Waals surface area contributed by atoms with Crippen LogP contribution in [0.4, 0.5) is 26.5 Å². The topological polar surface area (TPSA) is 115 Å². The Morgan fingerprint density at radius 2 is 2.03 bits per heavy atom. The van der Waals surface area contributed by atoms with E-state index in [9.17, 15) is 14.7 Å². The summed E-state index contributed by atoms with van der Waals surface area (Å²) in [5.74, 6) is -0.690. The van der Waals surface area contributed by atoms with Crippen molar-refractivity contribution in [2.24, 2.45) is 5.41 Å². The van der Waals surface area contributed by atoms with Gasteiger partial charge in [-0.25, -0.2) is 14.2 Å². The molecule has 34 heavy (non-hydrogen) atoms. The second-order valence-corrected chi connectivity index (χ2v) is 10.2. The Balaban J connectivity index is 1.77. The molecule has 2 aromatic rings. The van der Waals surface area contributed by atoms with Gasteiger partial charge in [0.05, 0.1) is 17.1 Å². The molecule has 8 nitrogen and oxygen atoms in total. The molecule has 1 aliphatic heterocycles. The quantitative estimate of drug-likeness (QED) is 0.424. The number of rotatable bonds is 5. The van der Waals surface area contributed by atoms with Gasteiger partial charge in [-0.2, -0.15) is 0 Å². The van der Waals surface area contributed by atoms with E-state index in [1.165, 1.54) is 0 Å². The van der Waals surface area contributed by atoms with E-state index in [-0.39, 0.29) is 41.3 Å². The molecule has 5 N–H and O–H groups in total. The fourth-order valence-corrected chi connectivity index (χ4v) is 5.28. The Morgan fingerprint density at radius 3 is 2.71 bits per heavy atom. The zero-order valence-corrected chi connectivity index (χ0v) is 20.0. The molecule has 182 valence electrons. The molecule has 2 atom stereocenters. The molecule has 1 fully saturated rings. The summed E-state index contributed by atoms with van der Waals surface area (Å²) in [7, 11) is 0. The van der Waals surface area contributed by atoms with Gasteiger partial charge >= 0.3 is 6.09 Å². The van der Waals surface area contributed by atoms with E-state index >= 15 is 4.39 Å². The Morgan fingerprint density at radius 1 is 1.26 bits per heavy atom. The molecule has 2 amide bonds. The predicted molar refractivity (Wildman–Crippen MR) is 129 cm³/mol. The van der Waals surface area contributed by atoms with Gasteiger partial charge in [0.2, 0.25) is 0 Å². The minimum Gasteiger partial charge on any atom is -0.465 e. The largest absolute Gasteiger partial charge is 0.465 e. The average molecular weight is 470 g/mol. The van der Waals surface area contributed by atoms with Crippen LogP contribution in [-0.4, -0.2) is 33.7 Å². The summed E-state index contributed by atoms with van der Waals surface area (Å²) in [6.07, 6.45) is 1.93. The van der Waals surface area contributed by atoms with Crippen LogP contribution < -0.4 is 21.3 Å². The van der Waals surface area contributed by atoms with Crippen LogP contribution in [0, 0.1) is 18.2 Å². The van der Waals surface area contributed by atoms with E-state index in [1.54, 1.807) is 0 Å². The number of halogens is 1. The van der Waals surface area contributed by atoms with Crippen molar-refractivity contribution in [3.05, 3.63) is 46.8 Å². The molecule has 0 saturated heterocycles. The van der Waals surface area contributed by atoms with Gasteiger partial charge < -0.3 is 26.4 Å². The number of nitrogens with one attached hydrogen (secondary N) is 4. The van der Waals surface area contributed by atoms with Gasteiger partial charge in [0, 0.05) is 17.8 Å².